The van der Waals surface area contributed by atoms with Gasteiger partial charge in [-0.3, -0.25) is 9.48 Å². The molecule has 1 aromatic carbocycles. The second-order valence-corrected chi connectivity index (χ2v) is 5.73. The summed E-state index contributed by atoms with van der Waals surface area (Å²) in [7, 11) is 1.85. The predicted molar refractivity (Wildman–Crippen MR) is 81.7 cm³/mol. The van der Waals surface area contributed by atoms with Gasteiger partial charge in [0.2, 0.25) is 0 Å². The number of rotatable bonds is 2. The highest BCUT2D eigenvalue weighted by atomic mass is 35.5. The normalized spacial score (nSPS) is 22.7. The van der Waals surface area contributed by atoms with Gasteiger partial charge in [0, 0.05) is 25.5 Å². The lowest BCUT2D eigenvalue weighted by atomic mass is 10.1. The zero-order chi connectivity index (χ0) is 15.0. The fourth-order valence-electron chi connectivity index (χ4n) is 2.82. The third kappa shape index (κ3) is 2.63. The number of nitrogens with zero attached hydrogens (tertiary/aromatic N) is 3. The van der Waals surface area contributed by atoms with Crippen molar-refractivity contribution in [3.8, 4) is 0 Å². The molecular formula is C15H18ClN3O2. The SMILES string of the molecule is CC1CN(C(=O)c2nn(C)c3ccccc23)CC(CCl)O1. The molecular weight excluding hydrogens is 290 g/mol. The van der Waals surface area contributed by atoms with Gasteiger partial charge in [-0.25, -0.2) is 0 Å². The van der Waals surface area contributed by atoms with E-state index in [2.05, 4.69) is 5.10 Å². The number of hydrogen-bond acceptors (Lipinski definition) is 3. The van der Waals surface area contributed by atoms with E-state index >= 15 is 0 Å². The first kappa shape index (κ1) is 14.4. The molecule has 0 radical (unpaired) electrons. The zero-order valence-corrected chi connectivity index (χ0v) is 12.9. The van der Waals surface area contributed by atoms with Crippen molar-refractivity contribution >= 4 is 28.4 Å². The molecule has 3 rings (SSSR count). The summed E-state index contributed by atoms with van der Waals surface area (Å²) in [6.07, 6.45) is -0.129. The van der Waals surface area contributed by atoms with E-state index in [0.29, 0.717) is 24.7 Å². The van der Waals surface area contributed by atoms with E-state index < -0.39 is 0 Å². The summed E-state index contributed by atoms with van der Waals surface area (Å²) in [4.78, 5) is 14.6. The number of para-hydroxylation sites is 1. The Morgan fingerprint density at radius 3 is 2.95 bits per heavy atom. The van der Waals surface area contributed by atoms with Gasteiger partial charge in [0.05, 0.1) is 23.6 Å². The standard InChI is InChI=1S/C15H18ClN3O2/c1-10-8-19(9-11(7-16)21-10)15(20)14-12-5-3-4-6-13(12)18(2)17-14/h3-6,10-11H,7-9H2,1-2H3. The lowest BCUT2D eigenvalue weighted by molar-refractivity contribution is -0.0571. The van der Waals surface area contributed by atoms with Gasteiger partial charge in [-0.05, 0) is 13.0 Å². The zero-order valence-electron chi connectivity index (χ0n) is 12.1. The molecule has 0 saturated carbocycles. The molecule has 2 atom stereocenters. The fourth-order valence-corrected chi connectivity index (χ4v) is 2.99. The summed E-state index contributed by atoms with van der Waals surface area (Å²) in [5.41, 5.74) is 1.45. The smallest absolute Gasteiger partial charge is 0.275 e. The lowest BCUT2D eigenvalue weighted by Crippen LogP contribution is -2.49. The molecule has 1 aliphatic heterocycles. The number of alkyl halides is 1. The van der Waals surface area contributed by atoms with Crippen LogP contribution in [0, 0.1) is 0 Å². The molecule has 2 heterocycles. The molecule has 1 amide bonds. The van der Waals surface area contributed by atoms with Crippen LogP contribution in [-0.2, 0) is 11.8 Å². The highest BCUT2D eigenvalue weighted by molar-refractivity contribution is 6.18. The number of halogens is 1. The minimum atomic E-state index is -0.116. The maximum absolute atomic E-state index is 12.8. The predicted octanol–water partition coefficient (Wildman–Crippen LogP) is 2.04. The Morgan fingerprint density at radius 1 is 1.43 bits per heavy atom. The maximum atomic E-state index is 12.8. The number of amides is 1. The third-order valence-electron chi connectivity index (χ3n) is 3.75. The van der Waals surface area contributed by atoms with Crippen molar-refractivity contribution in [2.75, 3.05) is 19.0 Å². The van der Waals surface area contributed by atoms with E-state index in [1.807, 2.05) is 38.2 Å². The van der Waals surface area contributed by atoms with Crippen LogP contribution in [0.2, 0.25) is 0 Å². The van der Waals surface area contributed by atoms with Crippen LogP contribution >= 0.6 is 11.6 Å². The van der Waals surface area contributed by atoms with Crippen LogP contribution in [0.4, 0.5) is 0 Å². The van der Waals surface area contributed by atoms with E-state index in [-0.39, 0.29) is 18.1 Å². The molecule has 21 heavy (non-hydrogen) atoms. The van der Waals surface area contributed by atoms with Gasteiger partial charge < -0.3 is 9.64 Å². The van der Waals surface area contributed by atoms with Crippen LogP contribution in [0.3, 0.4) is 0 Å². The second-order valence-electron chi connectivity index (χ2n) is 5.42. The Kier molecular flexibility index (Phi) is 3.87. The van der Waals surface area contributed by atoms with Crippen LogP contribution < -0.4 is 0 Å². The van der Waals surface area contributed by atoms with Crippen LogP contribution in [0.5, 0.6) is 0 Å². The number of aryl methyl sites for hydroxylation is 1. The van der Waals surface area contributed by atoms with Crippen LogP contribution in [0.1, 0.15) is 17.4 Å². The van der Waals surface area contributed by atoms with Gasteiger partial charge in [0.25, 0.3) is 5.91 Å². The number of aromatic nitrogens is 2. The Labute approximate surface area is 128 Å². The van der Waals surface area contributed by atoms with E-state index in [1.54, 1.807) is 9.58 Å². The van der Waals surface area contributed by atoms with Crippen molar-refractivity contribution in [3.63, 3.8) is 0 Å². The van der Waals surface area contributed by atoms with Crippen LogP contribution in [0.25, 0.3) is 10.9 Å². The van der Waals surface area contributed by atoms with E-state index in [9.17, 15) is 4.79 Å². The number of carbonyl (C=O) groups is 1. The number of ether oxygens (including phenoxy) is 1. The molecule has 0 aliphatic carbocycles. The van der Waals surface area contributed by atoms with E-state index in [1.165, 1.54) is 0 Å². The Balaban J connectivity index is 1.93. The van der Waals surface area contributed by atoms with Gasteiger partial charge >= 0.3 is 0 Å². The molecule has 2 unspecified atom stereocenters. The maximum Gasteiger partial charge on any atom is 0.275 e. The number of carbonyl (C=O) groups excluding carboxylic acids is 1. The van der Waals surface area contributed by atoms with Crippen molar-refractivity contribution in [3.05, 3.63) is 30.0 Å². The molecule has 0 spiro atoms. The first-order valence-corrected chi connectivity index (χ1v) is 7.56. The summed E-state index contributed by atoms with van der Waals surface area (Å²) in [5, 5.41) is 5.27. The molecule has 6 heteroatoms. The minimum Gasteiger partial charge on any atom is -0.370 e. The third-order valence-corrected chi connectivity index (χ3v) is 4.09. The summed E-state index contributed by atoms with van der Waals surface area (Å²) >= 11 is 5.88. The van der Waals surface area contributed by atoms with Crippen molar-refractivity contribution < 1.29 is 9.53 Å². The largest absolute Gasteiger partial charge is 0.370 e. The first-order valence-electron chi connectivity index (χ1n) is 7.02. The van der Waals surface area contributed by atoms with E-state index in [4.69, 9.17) is 16.3 Å². The average Bonchev–Trinajstić information content (AvgIpc) is 2.83. The molecule has 1 saturated heterocycles. The minimum absolute atomic E-state index is 0.0126. The number of hydrogen-bond donors (Lipinski definition) is 0. The highest BCUT2D eigenvalue weighted by Crippen LogP contribution is 2.21. The van der Waals surface area contributed by atoms with Crippen molar-refractivity contribution in [2.45, 2.75) is 19.1 Å². The topological polar surface area (TPSA) is 47.4 Å². The Hall–Kier alpha value is -1.59. The molecule has 2 aromatic rings. The Bertz CT molecular complexity index is 670. The van der Waals surface area contributed by atoms with Gasteiger partial charge in [-0.1, -0.05) is 18.2 Å². The molecule has 1 aliphatic rings. The van der Waals surface area contributed by atoms with Gasteiger partial charge in [-0.15, -0.1) is 11.6 Å². The summed E-state index contributed by atoms with van der Waals surface area (Å²) in [6.45, 7) is 3.03. The second kappa shape index (κ2) is 5.66. The average molecular weight is 308 g/mol. The summed E-state index contributed by atoms with van der Waals surface area (Å²) in [5.74, 6) is 0.328. The van der Waals surface area contributed by atoms with Crippen LogP contribution in [-0.4, -0.2) is 51.8 Å². The van der Waals surface area contributed by atoms with Gasteiger partial charge in [0.15, 0.2) is 5.69 Å². The van der Waals surface area contributed by atoms with Crippen molar-refractivity contribution in [1.29, 1.82) is 0 Å². The molecule has 1 aromatic heterocycles. The first-order chi connectivity index (χ1) is 10.1. The monoisotopic (exact) mass is 307 g/mol. The van der Waals surface area contributed by atoms with E-state index in [0.717, 1.165) is 10.9 Å². The molecule has 112 valence electrons. The highest BCUT2D eigenvalue weighted by Gasteiger charge is 2.30. The van der Waals surface area contributed by atoms with Gasteiger partial charge in [0.1, 0.15) is 0 Å². The fraction of sp³-hybridized carbons (Fsp3) is 0.467. The number of morpholine rings is 1. The Morgan fingerprint density at radius 2 is 2.19 bits per heavy atom. The summed E-state index contributed by atoms with van der Waals surface area (Å²) < 4.78 is 7.43. The van der Waals surface area contributed by atoms with Crippen LogP contribution in [0.15, 0.2) is 24.3 Å². The summed E-state index contributed by atoms with van der Waals surface area (Å²) in [6, 6.07) is 7.75. The molecule has 0 bridgehead atoms. The molecule has 0 N–H and O–H groups in total. The van der Waals surface area contributed by atoms with Crippen molar-refractivity contribution in [2.24, 2.45) is 7.05 Å². The van der Waals surface area contributed by atoms with Crippen molar-refractivity contribution in [1.82, 2.24) is 14.7 Å². The lowest BCUT2D eigenvalue weighted by Gasteiger charge is -2.35. The van der Waals surface area contributed by atoms with Gasteiger partial charge in [-0.2, -0.15) is 5.10 Å². The number of benzene rings is 1. The quantitative estimate of drug-likeness (QED) is 0.798. The molecule has 5 nitrogen and oxygen atoms in total. The molecule has 1 fully saturated rings. The number of fused-ring (bicyclic) bond motifs is 1.